The van der Waals surface area contributed by atoms with Crippen LogP contribution in [-0.2, 0) is 6.42 Å². The Balaban J connectivity index is 1.90. The Kier molecular flexibility index (Phi) is 3.88. The van der Waals surface area contributed by atoms with Gasteiger partial charge in [0.15, 0.2) is 0 Å². The van der Waals surface area contributed by atoms with Crippen LogP contribution < -0.4 is 5.32 Å². The van der Waals surface area contributed by atoms with E-state index in [4.69, 9.17) is 4.52 Å². The van der Waals surface area contributed by atoms with Crippen LogP contribution in [-0.4, -0.2) is 37.1 Å². The van der Waals surface area contributed by atoms with Crippen molar-refractivity contribution in [2.24, 2.45) is 0 Å². The second-order valence-electron chi connectivity index (χ2n) is 5.89. The minimum Gasteiger partial charge on any atom is -0.357 e. The quantitative estimate of drug-likeness (QED) is 0.946. The highest BCUT2D eigenvalue weighted by Crippen LogP contribution is 2.39. The molecule has 0 bridgehead atoms. The monoisotopic (exact) mass is 299 g/mol. The van der Waals surface area contributed by atoms with E-state index in [1.54, 1.807) is 19.0 Å². The van der Waals surface area contributed by atoms with E-state index in [0.29, 0.717) is 5.56 Å². The van der Waals surface area contributed by atoms with Gasteiger partial charge in [-0.15, -0.1) is 0 Å². The molecule has 1 aromatic carbocycles. The van der Waals surface area contributed by atoms with Crippen molar-refractivity contribution in [1.82, 2.24) is 10.1 Å². The first-order valence-electron chi connectivity index (χ1n) is 7.59. The maximum absolute atomic E-state index is 12.0. The largest absolute Gasteiger partial charge is 0.357 e. The zero-order chi connectivity index (χ0) is 15.7. The second-order valence-corrected chi connectivity index (χ2v) is 5.89. The van der Waals surface area contributed by atoms with Crippen LogP contribution in [0.4, 0.5) is 5.88 Å². The van der Waals surface area contributed by atoms with Gasteiger partial charge in [-0.1, -0.05) is 17.3 Å². The third-order valence-electron chi connectivity index (χ3n) is 4.26. The van der Waals surface area contributed by atoms with Gasteiger partial charge in [-0.25, -0.2) is 0 Å². The summed E-state index contributed by atoms with van der Waals surface area (Å²) in [6.07, 6.45) is 3.18. The highest BCUT2D eigenvalue weighted by Gasteiger charge is 2.28. The van der Waals surface area contributed by atoms with E-state index in [1.807, 2.05) is 31.3 Å². The second kappa shape index (κ2) is 5.83. The number of fused-ring (bicyclic) bond motifs is 1. The number of carbonyl (C=O) groups is 1. The summed E-state index contributed by atoms with van der Waals surface area (Å²) >= 11 is 0. The van der Waals surface area contributed by atoms with Gasteiger partial charge in [0.2, 0.25) is 5.88 Å². The van der Waals surface area contributed by atoms with Gasteiger partial charge >= 0.3 is 0 Å². The molecule has 0 spiro atoms. The van der Waals surface area contributed by atoms with Crippen molar-refractivity contribution >= 4 is 11.8 Å². The lowest BCUT2D eigenvalue weighted by Crippen LogP contribution is -2.21. The molecule has 2 aromatic rings. The molecule has 1 heterocycles. The summed E-state index contributed by atoms with van der Waals surface area (Å²) in [6, 6.07) is 7.85. The first-order chi connectivity index (χ1) is 10.6. The van der Waals surface area contributed by atoms with Crippen LogP contribution in [0.1, 0.15) is 45.9 Å². The molecule has 1 aliphatic carbocycles. The molecule has 0 saturated carbocycles. The maximum atomic E-state index is 12.0. The fourth-order valence-electron chi connectivity index (χ4n) is 3.09. The summed E-state index contributed by atoms with van der Waals surface area (Å²) in [5.41, 5.74) is 4.11. The fourth-order valence-corrected chi connectivity index (χ4v) is 3.09. The first kappa shape index (κ1) is 14.6. The van der Waals surface area contributed by atoms with Crippen molar-refractivity contribution in [2.75, 3.05) is 26.5 Å². The average Bonchev–Trinajstić information content (AvgIpc) is 2.97. The van der Waals surface area contributed by atoms with Gasteiger partial charge in [-0.2, -0.15) is 0 Å². The lowest BCUT2D eigenvalue weighted by molar-refractivity contribution is 0.0827. The predicted octanol–water partition coefficient (Wildman–Crippen LogP) is 2.89. The molecular formula is C17H21N3O2. The van der Waals surface area contributed by atoms with Gasteiger partial charge in [0, 0.05) is 38.2 Å². The molecule has 116 valence electrons. The highest BCUT2D eigenvalue weighted by molar-refractivity contribution is 5.93. The Morgan fingerprint density at radius 1 is 1.32 bits per heavy atom. The zero-order valence-corrected chi connectivity index (χ0v) is 13.2. The SMILES string of the molecule is CNc1onc2c1CCCC2c1ccc(C(=O)N(C)C)cc1. The molecule has 1 aliphatic rings. The molecule has 0 radical (unpaired) electrons. The van der Waals surface area contributed by atoms with Crippen LogP contribution >= 0.6 is 0 Å². The normalized spacial score (nSPS) is 17.0. The van der Waals surface area contributed by atoms with Gasteiger partial charge in [0.1, 0.15) is 0 Å². The number of carbonyl (C=O) groups excluding carboxylic acids is 1. The minimum absolute atomic E-state index is 0.0230. The molecule has 5 heteroatoms. The van der Waals surface area contributed by atoms with E-state index in [-0.39, 0.29) is 11.8 Å². The third kappa shape index (κ3) is 2.47. The molecule has 0 aliphatic heterocycles. The number of rotatable bonds is 3. The Bertz CT molecular complexity index is 674. The van der Waals surface area contributed by atoms with Gasteiger partial charge in [0.05, 0.1) is 5.69 Å². The van der Waals surface area contributed by atoms with E-state index in [0.717, 1.165) is 30.8 Å². The smallest absolute Gasteiger partial charge is 0.253 e. The van der Waals surface area contributed by atoms with Crippen LogP contribution in [0.25, 0.3) is 0 Å². The first-order valence-corrected chi connectivity index (χ1v) is 7.59. The molecule has 1 amide bonds. The van der Waals surface area contributed by atoms with Crippen LogP contribution in [0.3, 0.4) is 0 Å². The highest BCUT2D eigenvalue weighted by atomic mass is 16.5. The summed E-state index contributed by atoms with van der Waals surface area (Å²) in [7, 11) is 5.38. The number of amides is 1. The number of anilines is 1. The predicted molar refractivity (Wildman–Crippen MR) is 85.3 cm³/mol. The molecule has 22 heavy (non-hydrogen) atoms. The van der Waals surface area contributed by atoms with Crippen molar-refractivity contribution in [1.29, 1.82) is 0 Å². The molecule has 1 aromatic heterocycles. The Morgan fingerprint density at radius 2 is 2.05 bits per heavy atom. The van der Waals surface area contributed by atoms with Gasteiger partial charge in [-0.3, -0.25) is 4.79 Å². The van der Waals surface area contributed by atoms with E-state index >= 15 is 0 Å². The number of nitrogens with one attached hydrogen (secondary N) is 1. The molecule has 1 unspecified atom stereocenters. The molecule has 3 rings (SSSR count). The van der Waals surface area contributed by atoms with Crippen LogP contribution in [0.15, 0.2) is 28.8 Å². The van der Waals surface area contributed by atoms with E-state index in [2.05, 4.69) is 10.5 Å². The molecule has 0 fully saturated rings. The summed E-state index contributed by atoms with van der Waals surface area (Å²) in [5, 5.41) is 7.32. The standard InChI is InChI=1S/C17H21N3O2/c1-18-16-14-6-4-5-13(15(14)19-22-16)11-7-9-12(10-8-11)17(21)20(2)3/h7-10,13,18H,4-6H2,1-3H3. The van der Waals surface area contributed by atoms with E-state index < -0.39 is 0 Å². The Morgan fingerprint density at radius 3 is 2.68 bits per heavy atom. The van der Waals surface area contributed by atoms with E-state index in [9.17, 15) is 4.79 Å². The number of aromatic nitrogens is 1. The summed E-state index contributed by atoms with van der Waals surface area (Å²) < 4.78 is 5.39. The fraction of sp³-hybridized carbons (Fsp3) is 0.412. The maximum Gasteiger partial charge on any atom is 0.253 e. The lowest BCUT2D eigenvalue weighted by Gasteiger charge is -2.21. The average molecular weight is 299 g/mol. The van der Waals surface area contributed by atoms with Crippen molar-refractivity contribution in [3.8, 4) is 0 Å². The number of hydrogen-bond acceptors (Lipinski definition) is 4. The summed E-state index contributed by atoms with van der Waals surface area (Å²) in [5.74, 6) is 1.05. The third-order valence-corrected chi connectivity index (χ3v) is 4.26. The Hall–Kier alpha value is -2.30. The molecule has 0 saturated heterocycles. The molecule has 1 atom stereocenters. The van der Waals surface area contributed by atoms with Gasteiger partial charge in [-0.05, 0) is 37.0 Å². The van der Waals surface area contributed by atoms with Crippen LogP contribution in [0, 0.1) is 0 Å². The number of hydrogen-bond donors (Lipinski definition) is 1. The van der Waals surface area contributed by atoms with Crippen molar-refractivity contribution in [2.45, 2.75) is 25.2 Å². The van der Waals surface area contributed by atoms with Crippen molar-refractivity contribution in [3.63, 3.8) is 0 Å². The van der Waals surface area contributed by atoms with Crippen molar-refractivity contribution < 1.29 is 9.32 Å². The zero-order valence-electron chi connectivity index (χ0n) is 13.2. The van der Waals surface area contributed by atoms with Crippen molar-refractivity contribution in [3.05, 3.63) is 46.6 Å². The van der Waals surface area contributed by atoms with E-state index in [1.165, 1.54) is 11.1 Å². The van der Waals surface area contributed by atoms with Gasteiger partial charge in [0.25, 0.3) is 5.91 Å². The van der Waals surface area contributed by atoms with Crippen LogP contribution in [0.2, 0.25) is 0 Å². The molecule has 1 N–H and O–H groups in total. The summed E-state index contributed by atoms with van der Waals surface area (Å²) in [4.78, 5) is 13.6. The summed E-state index contributed by atoms with van der Waals surface area (Å²) in [6.45, 7) is 0. The Labute approximate surface area is 130 Å². The molecular weight excluding hydrogens is 278 g/mol. The number of nitrogens with zero attached hydrogens (tertiary/aromatic N) is 2. The number of benzene rings is 1. The van der Waals surface area contributed by atoms with Gasteiger partial charge < -0.3 is 14.7 Å². The minimum atomic E-state index is 0.0230. The lowest BCUT2D eigenvalue weighted by atomic mass is 9.82. The van der Waals surface area contributed by atoms with Crippen LogP contribution in [0.5, 0.6) is 0 Å². The molecule has 5 nitrogen and oxygen atoms in total. The topological polar surface area (TPSA) is 58.4 Å².